The fraction of sp³-hybridized carbons (Fsp3) is 0.208. The summed E-state index contributed by atoms with van der Waals surface area (Å²) in [6.45, 7) is 3.36. The highest BCUT2D eigenvalue weighted by atomic mass is 35.5. The summed E-state index contributed by atoms with van der Waals surface area (Å²) in [6, 6.07) is 22.2. The Morgan fingerprint density at radius 2 is 1.78 bits per heavy atom. The molecule has 0 bridgehead atoms. The minimum absolute atomic E-state index is 0.343. The van der Waals surface area contributed by atoms with Crippen LogP contribution in [0.5, 0.6) is 0 Å². The maximum Gasteiger partial charge on any atom is 0.345 e. The van der Waals surface area contributed by atoms with Crippen molar-refractivity contribution < 1.29 is 9.53 Å². The number of para-hydroxylation sites is 1. The second-order valence-electron chi connectivity index (χ2n) is 7.38. The van der Waals surface area contributed by atoms with Crippen LogP contribution in [0.4, 0.5) is 27.5 Å². The summed E-state index contributed by atoms with van der Waals surface area (Å²) in [5.74, 6) is 0. The predicted molar refractivity (Wildman–Crippen MR) is 130 cm³/mol. The molecule has 7 nitrogen and oxygen atoms in total. The first-order valence-electron chi connectivity index (χ1n) is 10.5. The summed E-state index contributed by atoms with van der Waals surface area (Å²) in [5.41, 5.74) is 12.9. The smallest absolute Gasteiger partial charge is 0.345 e. The molecule has 0 unspecified atom stereocenters. The van der Waals surface area contributed by atoms with Crippen molar-refractivity contribution in [1.29, 1.82) is 0 Å². The number of rotatable bonds is 6. The Hall–Kier alpha value is -3.26. The van der Waals surface area contributed by atoms with Gasteiger partial charge < -0.3 is 20.7 Å². The van der Waals surface area contributed by atoms with Gasteiger partial charge in [0.25, 0.3) is 0 Å². The van der Waals surface area contributed by atoms with Gasteiger partial charge in [-0.05, 0) is 48.0 Å². The number of nitrogens with two attached hydrogens (primary N) is 1. The lowest BCUT2D eigenvalue weighted by Crippen LogP contribution is -2.39. The summed E-state index contributed by atoms with van der Waals surface area (Å²) in [4.78, 5) is 15.4. The molecule has 1 heterocycles. The highest BCUT2D eigenvalue weighted by Gasteiger charge is 2.18. The van der Waals surface area contributed by atoms with Crippen molar-refractivity contribution in [2.75, 3.05) is 47.0 Å². The summed E-state index contributed by atoms with van der Waals surface area (Å²) < 4.78 is 5.41. The van der Waals surface area contributed by atoms with Gasteiger partial charge in [-0.25, -0.2) is 9.80 Å². The molecule has 1 saturated heterocycles. The Morgan fingerprint density at radius 1 is 1.00 bits per heavy atom. The Morgan fingerprint density at radius 3 is 2.50 bits per heavy atom. The number of urea groups is 1. The predicted octanol–water partition coefficient (Wildman–Crippen LogP) is 4.70. The van der Waals surface area contributed by atoms with Gasteiger partial charge in [-0.15, -0.1) is 0 Å². The van der Waals surface area contributed by atoms with Gasteiger partial charge >= 0.3 is 6.03 Å². The number of carbonyl (C=O) groups is 1. The van der Waals surface area contributed by atoms with E-state index < -0.39 is 0 Å². The minimum Gasteiger partial charge on any atom is -0.378 e. The average molecular weight is 452 g/mol. The maximum atomic E-state index is 13.2. The molecule has 0 atom stereocenters. The SMILES string of the molecule is NCc1cccc(NN(C(=O)Nc2ccc(N3CCOCC3)c(Cl)c2)c2ccccc2)c1. The fourth-order valence-corrected chi connectivity index (χ4v) is 3.83. The second-order valence-corrected chi connectivity index (χ2v) is 7.79. The van der Waals surface area contributed by atoms with Crippen LogP contribution in [0.2, 0.25) is 5.02 Å². The number of morpholine rings is 1. The molecule has 4 N–H and O–H groups in total. The molecule has 1 aliphatic heterocycles. The van der Waals surface area contributed by atoms with E-state index >= 15 is 0 Å². The number of ether oxygens (including phenoxy) is 1. The molecule has 3 aromatic carbocycles. The molecular formula is C24H26ClN5O2. The van der Waals surface area contributed by atoms with Gasteiger partial charge in [0.2, 0.25) is 0 Å². The van der Waals surface area contributed by atoms with E-state index in [1.807, 2.05) is 66.7 Å². The lowest BCUT2D eigenvalue weighted by atomic mass is 10.2. The lowest BCUT2D eigenvalue weighted by Gasteiger charge is -2.30. The monoisotopic (exact) mass is 451 g/mol. The zero-order valence-corrected chi connectivity index (χ0v) is 18.4. The van der Waals surface area contributed by atoms with E-state index in [1.165, 1.54) is 5.01 Å². The molecule has 0 aromatic heterocycles. The molecule has 1 fully saturated rings. The van der Waals surface area contributed by atoms with Crippen molar-refractivity contribution >= 4 is 40.4 Å². The molecule has 0 radical (unpaired) electrons. The van der Waals surface area contributed by atoms with E-state index in [9.17, 15) is 4.79 Å². The van der Waals surface area contributed by atoms with Crippen LogP contribution in [-0.2, 0) is 11.3 Å². The van der Waals surface area contributed by atoms with Crippen molar-refractivity contribution in [1.82, 2.24) is 0 Å². The maximum absolute atomic E-state index is 13.2. The molecule has 3 aromatic rings. The fourth-order valence-electron chi connectivity index (χ4n) is 3.53. The standard InChI is InChI=1S/C24H26ClN5O2/c25-22-16-19(9-10-23(22)29-11-13-32-14-12-29)27-24(31)30(21-7-2-1-3-8-21)28-20-6-4-5-18(15-20)17-26/h1-10,15-16,28H,11-14,17,26H2,(H,27,31). The van der Waals surface area contributed by atoms with Crippen LogP contribution in [0.1, 0.15) is 5.56 Å². The Kier molecular flexibility index (Phi) is 7.11. The Labute approximate surface area is 192 Å². The van der Waals surface area contributed by atoms with Crippen LogP contribution in [0.25, 0.3) is 0 Å². The number of nitrogens with one attached hydrogen (secondary N) is 2. The number of hydrazine groups is 1. The topological polar surface area (TPSA) is 82.9 Å². The first-order chi connectivity index (χ1) is 15.6. The van der Waals surface area contributed by atoms with Gasteiger partial charge in [-0.1, -0.05) is 41.9 Å². The highest BCUT2D eigenvalue weighted by Crippen LogP contribution is 2.30. The van der Waals surface area contributed by atoms with E-state index in [-0.39, 0.29) is 6.03 Å². The molecule has 0 aliphatic carbocycles. The highest BCUT2D eigenvalue weighted by molar-refractivity contribution is 6.33. The molecular weight excluding hydrogens is 426 g/mol. The number of hydrogen-bond acceptors (Lipinski definition) is 5. The first kappa shape index (κ1) is 22.0. The van der Waals surface area contributed by atoms with Gasteiger partial charge in [0.15, 0.2) is 0 Å². The van der Waals surface area contributed by atoms with Crippen molar-refractivity contribution in [3.05, 3.63) is 83.4 Å². The van der Waals surface area contributed by atoms with Gasteiger partial charge in [0.05, 0.1) is 35.3 Å². The number of amides is 2. The van der Waals surface area contributed by atoms with Crippen molar-refractivity contribution in [2.45, 2.75) is 6.54 Å². The minimum atomic E-state index is -0.343. The van der Waals surface area contributed by atoms with E-state index in [2.05, 4.69) is 15.6 Å². The van der Waals surface area contributed by atoms with E-state index in [0.29, 0.717) is 36.2 Å². The number of nitrogens with zero attached hydrogens (tertiary/aromatic N) is 2. The third-order valence-corrected chi connectivity index (χ3v) is 5.47. The summed E-state index contributed by atoms with van der Waals surface area (Å²) in [6.07, 6.45) is 0. The first-order valence-corrected chi connectivity index (χ1v) is 10.9. The Balaban J connectivity index is 1.54. The number of anilines is 4. The zero-order chi connectivity index (χ0) is 22.3. The van der Waals surface area contributed by atoms with Gasteiger partial charge in [0, 0.05) is 25.3 Å². The number of carbonyl (C=O) groups excluding carboxylic acids is 1. The lowest BCUT2D eigenvalue weighted by molar-refractivity contribution is 0.122. The van der Waals surface area contributed by atoms with Crippen LogP contribution in [0, 0.1) is 0 Å². The van der Waals surface area contributed by atoms with Crippen molar-refractivity contribution in [3.63, 3.8) is 0 Å². The van der Waals surface area contributed by atoms with Gasteiger partial charge in [0.1, 0.15) is 0 Å². The van der Waals surface area contributed by atoms with E-state index in [1.54, 1.807) is 6.07 Å². The Bertz CT molecular complexity index is 1060. The van der Waals surface area contributed by atoms with Crippen LogP contribution in [0.15, 0.2) is 72.8 Å². The van der Waals surface area contributed by atoms with E-state index in [4.69, 9.17) is 22.1 Å². The van der Waals surface area contributed by atoms with Gasteiger partial charge in [-0.3, -0.25) is 5.43 Å². The molecule has 32 heavy (non-hydrogen) atoms. The van der Waals surface area contributed by atoms with Crippen LogP contribution in [0.3, 0.4) is 0 Å². The molecule has 2 amide bonds. The van der Waals surface area contributed by atoms with Crippen molar-refractivity contribution in [3.8, 4) is 0 Å². The third kappa shape index (κ3) is 5.31. The number of halogens is 1. The quantitative estimate of drug-likeness (QED) is 0.473. The molecule has 166 valence electrons. The summed E-state index contributed by atoms with van der Waals surface area (Å²) >= 11 is 6.53. The summed E-state index contributed by atoms with van der Waals surface area (Å²) in [5, 5.41) is 4.97. The molecule has 1 aliphatic rings. The molecule has 4 rings (SSSR count). The van der Waals surface area contributed by atoms with Crippen LogP contribution >= 0.6 is 11.6 Å². The average Bonchev–Trinajstić information content (AvgIpc) is 2.84. The number of benzene rings is 3. The third-order valence-electron chi connectivity index (χ3n) is 5.17. The van der Waals surface area contributed by atoms with Crippen LogP contribution in [-0.4, -0.2) is 32.3 Å². The second kappa shape index (κ2) is 10.4. The number of hydrogen-bond donors (Lipinski definition) is 3. The van der Waals surface area contributed by atoms with E-state index in [0.717, 1.165) is 30.0 Å². The molecule has 8 heteroatoms. The largest absolute Gasteiger partial charge is 0.378 e. The summed E-state index contributed by atoms with van der Waals surface area (Å²) in [7, 11) is 0. The van der Waals surface area contributed by atoms with Crippen LogP contribution < -0.4 is 26.4 Å². The van der Waals surface area contributed by atoms with Gasteiger partial charge in [-0.2, -0.15) is 0 Å². The molecule has 0 spiro atoms. The normalized spacial score (nSPS) is 13.5. The zero-order valence-electron chi connectivity index (χ0n) is 17.6. The van der Waals surface area contributed by atoms with Crippen molar-refractivity contribution in [2.24, 2.45) is 5.73 Å². The molecule has 0 saturated carbocycles.